The van der Waals surface area contributed by atoms with E-state index in [-0.39, 0.29) is 23.6 Å². The summed E-state index contributed by atoms with van der Waals surface area (Å²) < 4.78 is 18.9. The number of halogens is 1. The molecule has 0 atom stereocenters. The first-order valence-electron chi connectivity index (χ1n) is 10.6. The third kappa shape index (κ3) is 4.75. The topological polar surface area (TPSA) is 52.1 Å². The first-order chi connectivity index (χ1) is 15.8. The Bertz CT molecular complexity index is 1360. The van der Waals surface area contributed by atoms with Crippen molar-refractivity contribution in [1.82, 2.24) is 9.97 Å². The van der Waals surface area contributed by atoms with Gasteiger partial charge in [0, 0.05) is 16.5 Å². The molecule has 0 radical (unpaired) electrons. The number of ether oxygens (including phenoxy) is 1. The number of hydrogen-bond donors (Lipinski definition) is 0. The number of carbonyl (C=O) groups excluding carboxylic acids is 1. The van der Waals surface area contributed by atoms with Crippen molar-refractivity contribution in [3.05, 3.63) is 89.5 Å². The standard InChI is InChI=1S/C28H23FN2O2/c1-5-16-33-22-14-15-24-23(17-22)25(18-6-10-20(11-7-18)28(2,3)4)31-27(30-24)26(32)19-8-12-21(29)13-9-19/h1,6-15,17H,16H2,2-4H3. The van der Waals surface area contributed by atoms with E-state index in [9.17, 15) is 9.18 Å². The fourth-order valence-electron chi connectivity index (χ4n) is 3.50. The largest absolute Gasteiger partial charge is 0.481 e. The van der Waals surface area contributed by atoms with Crippen LogP contribution in [-0.4, -0.2) is 22.4 Å². The minimum atomic E-state index is -0.412. The molecular formula is C28H23FN2O2. The molecule has 0 fully saturated rings. The maximum absolute atomic E-state index is 13.3. The molecule has 1 heterocycles. The van der Waals surface area contributed by atoms with Crippen LogP contribution in [0.1, 0.15) is 42.5 Å². The van der Waals surface area contributed by atoms with Crippen LogP contribution < -0.4 is 4.74 Å². The van der Waals surface area contributed by atoms with Crippen LogP contribution in [0.3, 0.4) is 0 Å². The predicted octanol–water partition coefficient (Wildman–Crippen LogP) is 5.98. The summed E-state index contributed by atoms with van der Waals surface area (Å²) in [7, 11) is 0. The molecule has 0 saturated heterocycles. The highest BCUT2D eigenvalue weighted by Crippen LogP contribution is 2.31. The highest BCUT2D eigenvalue weighted by Gasteiger charge is 2.19. The average Bonchev–Trinajstić information content (AvgIpc) is 2.81. The molecule has 0 aliphatic heterocycles. The summed E-state index contributed by atoms with van der Waals surface area (Å²) in [5.41, 5.74) is 3.56. The lowest BCUT2D eigenvalue weighted by atomic mass is 9.86. The zero-order valence-corrected chi connectivity index (χ0v) is 18.7. The van der Waals surface area contributed by atoms with Crippen molar-refractivity contribution < 1.29 is 13.9 Å². The van der Waals surface area contributed by atoms with Crippen molar-refractivity contribution in [3.63, 3.8) is 0 Å². The summed E-state index contributed by atoms with van der Waals surface area (Å²) in [6.45, 7) is 6.59. The molecule has 4 aromatic rings. The second-order valence-corrected chi connectivity index (χ2v) is 8.73. The van der Waals surface area contributed by atoms with Gasteiger partial charge in [0.15, 0.2) is 0 Å². The number of hydrogen-bond acceptors (Lipinski definition) is 4. The molecule has 0 unspecified atom stereocenters. The molecule has 0 saturated carbocycles. The normalized spacial score (nSPS) is 11.2. The summed E-state index contributed by atoms with van der Waals surface area (Å²) in [6, 6.07) is 18.8. The maximum atomic E-state index is 13.3. The van der Waals surface area contributed by atoms with Crippen LogP contribution in [0, 0.1) is 18.2 Å². The molecule has 33 heavy (non-hydrogen) atoms. The quantitative estimate of drug-likeness (QED) is 0.284. The second-order valence-electron chi connectivity index (χ2n) is 8.73. The van der Waals surface area contributed by atoms with E-state index in [1.54, 1.807) is 12.1 Å². The van der Waals surface area contributed by atoms with Gasteiger partial charge in [0.25, 0.3) is 0 Å². The first-order valence-corrected chi connectivity index (χ1v) is 10.6. The van der Waals surface area contributed by atoms with Crippen molar-refractivity contribution in [2.75, 3.05) is 6.61 Å². The first kappa shape index (κ1) is 22.2. The molecule has 164 valence electrons. The lowest BCUT2D eigenvalue weighted by Gasteiger charge is -2.19. The molecule has 4 nitrogen and oxygen atoms in total. The van der Waals surface area contributed by atoms with Gasteiger partial charge >= 0.3 is 0 Å². The van der Waals surface area contributed by atoms with Crippen LogP contribution in [0.25, 0.3) is 22.2 Å². The Morgan fingerprint density at radius 1 is 1.00 bits per heavy atom. The van der Waals surface area contributed by atoms with Crippen LogP contribution in [0.5, 0.6) is 5.75 Å². The summed E-state index contributed by atoms with van der Waals surface area (Å²) in [5, 5.41) is 0.740. The van der Waals surface area contributed by atoms with E-state index in [1.165, 1.54) is 29.8 Å². The van der Waals surface area contributed by atoms with Crippen molar-refractivity contribution >= 4 is 16.7 Å². The van der Waals surface area contributed by atoms with E-state index in [1.807, 2.05) is 18.2 Å². The molecule has 0 amide bonds. The molecule has 1 aromatic heterocycles. The van der Waals surface area contributed by atoms with Gasteiger partial charge in [-0.2, -0.15) is 0 Å². The van der Waals surface area contributed by atoms with E-state index in [0.717, 1.165) is 10.9 Å². The van der Waals surface area contributed by atoms with Crippen molar-refractivity contribution in [3.8, 4) is 29.4 Å². The van der Waals surface area contributed by atoms with Gasteiger partial charge in [0.2, 0.25) is 11.6 Å². The van der Waals surface area contributed by atoms with Gasteiger partial charge < -0.3 is 4.74 Å². The fourth-order valence-corrected chi connectivity index (χ4v) is 3.50. The SMILES string of the molecule is C#CCOc1ccc2nc(C(=O)c3ccc(F)cc3)nc(-c3ccc(C(C)(C)C)cc3)c2c1. The van der Waals surface area contributed by atoms with Crippen LogP contribution >= 0.6 is 0 Å². The summed E-state index contributed by atoms with van der Waals surface area (Å²) in [5.74, 6) is 2.30. The van der Waals surface area contributed by atoms with Crippen LogP contribution in [0.2, 0.25) is 0 Å². The van der Waals surface area contributed by atoms with Gasteiger partial charge in [0.1, 0.15) is 18.2 Å². The van der Waals surface area contributed by atoms with Crippen molar-refractivity contribution in [1.29, 1.82) is 0 Å². The Hall–Kier alpha value is -4.04. The Kier molecular flexibility index (Phi) is 5.93. The molecule has 5 heteroatoms. The number of benzene rings is 3. The van der Waals surface area contributed by atoms with Gasteiger partial charge in [-0.25, -0.2) is 14.4 Å². The maximum Gasteiger partial charge on any atom is 0.230 e. The average molecular weight is 439 g/mol. The van der Waals surface area contributed by atoms with E-state index in [4.69, 9.17) is 11.2 Å². The Balaban J connectivity index is 1.87. The Morgan fingerprint density at radius 3 is 2.33 bits per heavy atom. The van der Waals surface area contributed by atoms with Gasteiger partial charge in [-0.1, -0.05) is 51.0 Å². The summed E-state index contributed by atoms with van der Waals surface area (Å²) in [4.78, 5) is 22.2. The Morgan fingerprint density at radius 2 is 1.70 bits per heavy atom. The van der Waals surface area contributed by atoms with E-state index in [2.05, 4.69) is 48.8 Å². The van der Waals surface area contributed by atoms with E-state index < -0.39 is 5.82 Å². The number of terminal acetylenes is 1. The van der Waals surface area contributed by atoms with Gasteiger partial charge in [-0.05, 0) is 53.4 Å². The third-order valence-corrected chi connectivity index (χ3v) is 5.32. The summed E-state index contributed by atoms with van der Waals surface area (Å²) >= 11 is 0. The zero-order valence-electron chi connectivity index (χ0n) is 18.7. The van der Waals surface area contributed by atoms with Crippen LogP contribution in [0.4, 0.5) is 4.39 Å². The van der Waals surface area contributed by atoms with Crippen molar-refractivity contribution in [2.24, 2.45) is 0 Å². The van der Waals surface area contributed by atoms with Crippen LogP contribution in [0.15, 0.2) is 66.7 Å². The molecular weight excluding hydrogens is 415 g/mol. The Labute approximate surface area is 192 Å². The third-order valence-electron chi connectivity index (χ3n) is 5.32. The minimum absolute atomic E-state index is 0.00616. The lowest BCUT2D eigenvalue weighted by Crippen LogP contribution is -2.11. The highest BCUT2D eigenvalue weighted by molar-refractivity contribution is 6.08. The van der Waals surface area contributed by atoms with Gasteiger partial charge in [-0.15, -0.1) is 6.42 Å². The monoisotopic (exact) mass is 438 g/mol. The molecule has 0 spiro atoms. The molecule has 3 aromatic carbocycles. The number of fused-ring (bicyclic) bond motifs is 1. The number of rotatable bonds is 5. The van der Waals surface area contributed by atoms with Gasteiger partial charge in [0.05, 0.1) is 11.2 Å². The van der Waals surface area contributed by atoms with Crippen molar-refractivity contribution in [2.45, 2.75) is 26.2 Å². The van der Waals surface area contributed by atoms with E-state index >= 15 is 0 Å². The molecule has 0 aliphatic carbocycles. The molecule has 0 bridgehead atoms. The van der Waals surface area contributed by atoms with Gasteiger partial charge in [-0.3, -0.25) is 4.79 Å². The summed E-state index contributed by atoms with van der Waals surface area (Å²) in [6.07, 6.45) is 5.32. The fraction of sp³-hybridized carbons (Fsp3) is 0.179. The molecule has 0 aliphatic rings. The number of nitrogens with zero attached hydrogens (tertiary/aromatic N) is 2. The molecule has 0 N–H and O–H groups in total. The smallest absolute Gasteiger partial charge is 0.230 e. The van der Waals surface area contributed by atoms with Crippen LogP contribution in [-0.2, 0) is 5.41 Å². The number of aromatic nitrogens is 2. The predicted molar refractivity (Wildman–Crippen MR) is 128 cm³/mol. The molecule has 4 rings (SSSR count). The minimum Gasteiger partial charge on any atom is -0.481 e. The lowest BCUT2D eigenvalue weighted by molar-refractivity contribution is 0.103. The number of carbonyl (C=O) groups is 1. The second kappa shape index (κ2) is 8.84. The van der Waals surface area contributed by atoms with E-state index in [0.29, 0.717) is 22.5 Å². The number of ketones is 1. The highest BCUT2D eigenvalue weighted by atomic mass is 19.1. The zero-order chi connectivity index (χ0) is 23.6.